The van der Waals surface area contributed by atoms with Gasteiger partial charge in [-0.05, 0) is 38.1 Å². The maximum absolute atomic E-state index is 12.3. The van der Waals surface area contributed by atoms with Crippen molar-refractivity contribution < 1.29 is 13.2 Å². The first-order valence-electron chi connectivity index (χ1n) is 7.14. The zero-order chi connectivity index (χ0) is 17.0. The van der Waals surface area contributed by atoms with E-state index in [4.69, 9.17) is 0 Å². The number of aryl methyl sites for hydroxylation is 2. The van der Waals surface area contributed by atoms with Crippen LogP contribution in [0.2, 0.25) is 0 Å². The Morgan fingerprint density at radius 3 is 2.39 bits per heavy atom. The molecule has 2 rings (SSSR count). The molecule has 0 spiro atoms. The molecule has 8 heteroatoms. The molecule has 0 radical (unpaired) electrons. The molecule has 23 heavy (non-hydrogen) atoms. The minimum absolute atomic E-state index is 0.116. The van der Waals surface area contributed by atoms with Crippen molar-refractivity contribution in [1.29, 1.82) is 0 Å². The van der Waals surface area contributed by atoms with E-state index in [1.807, 2.05) is 13.8 Å². The normalized spacial score (nSPS) is 11.4. The van der Waals surface area contributed by atoms with E-state index >= 15 is 0 Å². The number of benzene rings is 1. The molecule has 0 aliphatic heterocycles. The number of anilines is 1. The molecule has 1 aromatic carbocycles. The topological polar surface area (TPSA) is 88.2 Å². The van der Waals surface area contributed by atoms with Crippen LogP contribution in [0.15, 0.2) is 29.2 Å². The molecule has 0 bridgehead atoms. The first-order valence-corrected chi connectivity index (χ1v) is 9.44. The summed E-state index contributed by atoms with van der Waals surface area (Å²) in [7, 11) is -3.60. The standard InChI is InChI=1S/C15H19N3O3S2/c1-4-15(19)18-12-5-7-13(8-6-12)23(20,21)16-9-14-10(2)17-11(3)22-14/h5-8,16H,4,9H2,1-3H3,(H,18,19). The summed E-state index contributed by atoms with van der Waals surface area (Å²) in [5, 5.41) is 3.59. The van der Waals surface area contributed by atoms with Gasteiger partial charge in [0.05, 0.1) is 15.6 Å². The highest BCUT2D eigenvalue weighted by atomic mass is 32.2. The van der Waals surface area contributed by atoms with Gasteiger partial charge in [-0.1, -0.05) is 6.92 Å². The minimum Gasteiger partial charge on any atom is -0.326 e. The highest BCUT2D eigenvalue weighted by Crippen LogP contribution is 2.19. The van der Waals surface area contributed by atoms with Crippen molar-refractivity contribution in [2.75, 3.05) is 5.32 Å². The molecule has 1 amide bonds. The molecule has 0 unspecified atom stereocenters. The lowest BCUT2D eigenvalue weighted by Crippen LogP contribution is -2.23. The van der Waals surface area contributed by atoms with Crippen molar-refractivity contribution in [3.05, 3.63) is 39.8 Å². The number of hydrogen-bond donors (Lipinski definition) is 2. The molecule has 1 aromatic heterocycles. The number of carbonyl (C=O) groups excluding carboxylic acids is 1. The molecule has 0 saturated carbocycles. The second kappa shape index (κ2) is 7.20. The fourth-order valence-electron chi connectivity index (χ4n) is 1.95. The SMILES string of the molecule is CCC(=O)Nc1ccc(S(=O)(=O)NCc2sc(C)nc2C)cc1. The van der Waals surface area contributed by atoms with Gasteiger partial charge >= 0.3 is 0 Å². The van der Waals surface area contributed by atoms with Gasteiger partial charge < -0.3 is 5.32 Å². The molecule has 2 N–H and O–H groups in total. The lowest BCUT2D eigenvalue weighted by Gasteiger charge is -2.08. The molecule has 1 heterocycles. The quantitative estimate of drug-likeness (QED) is 0.835. The van der Waals surface area contributed by atoms with Gasteiger partial charge in [0.15, 0.2) is 0 Å². The maximum Gasteiger partial charge on any atom is 0.240 e. The van der Waals surface area contributed by atoms with Gasteiger partial charge in [-0.3, -0.25) is 4.79 Å². The van der Waals surface area contributed by atoms with Crippen molar-refractivity contribution in [2.45, 2.75) is 38.6 Å². The molecule has 124 valence electrons. The largest absolute Gasteiger partial charge is 0.326 e. The third-order valence-corrected chi connectivity index (χ3v) is 5.68. The van der Waals surface area contributed by atoms with Gasteiger partial charge in [0.25, 0.3) is 0 Å². The number of aromatic nitrogens is 1. The summed E-state index contributed by atoms with van der Waals surface area (Å²) in [6.07, 6.45) is 0.370. The van der Waals surface area contributed by atoms with Crippen LogP contribution in [0, 0.1) is 13.8 Å². The van der Waals surface area contributed by atoms with Crippen molar-refractivity contribution in [3.63, 3.8) is 0 Å². The van der Waals surface area contributed by atoms with Crippen molar-refractivity contribution >= 4 is 33.0 Å². The molecule has 0 aliphatic carbocycles. The second-order valence-corrected chi connectivity index (χ2v) is 8.05. The molecule has 0 atom stereocenters. The second-order valence-electron chi connectivity index (χ2n) is 4.99. The Morgan fingerprint density at radius 2 is 1.87 bits per heavy atom. The molecular formula is C15H19N3O3S2. The zero-order valence-electron chi connectivity index (χ0n) is 13.2. The number of carbonyl (C=O) groups is 1. The van der Waals surface area contributed by atoms with Crippen molar-refractivity contribution in [1.82, 2.24) is 9.71 Å². The lowest BCUT2D eigenvalue weighted by atomic mass is 10.3. The van der Waals surface area contributed by atoms with Gasteiger partial charge in [0.2, 0.25) is 15.9 Å². The highest BCUT2D eigenvalue weighted by molar-refractivity contribution is 7.89. The summed E-state index contributed by atoms with van der Waals surface area (Å²) >= 11 is 1.48. The van der Waals surface area contributed by atoms with Crippen molar-refractivity contribution in [2.24, 2.45) is 0 Å². The third-order valence-electron chi connectivity index (χ3n) is 3.19. The Balaban J connectivity index is 2.07. The van der Waals surface area contributed by atoms with E-state index < -0.39 is 10.0 Å². The predicted molar refractivity (Wildman–Crippen MR) is 91.0 cm³/mol. The molecule has 0 fully saturated rings. The number of amides is 1. The first kappa shape index (κ1) is 17.6. The first-order chi connectivity index (χ1) is 10.8. The smallest absolute Gasteiger partial charge is 0.240 e. The Morgan fingerprint density at radius 1 is 1.22 bits per heavy atom. The number of nitrogens with one attached hydrogen (secondary N) is 2. The number of nitrogens with zero attached hydrogens (tertiary/aromatic N) is 1. The van der Waals surface area contributed by atoms with E-state index in [1.165, 1.54) is 23.5 Å². The number of thiazole rings is 1. The summed E-state index contributed by atoms with van der Waals surface area (Å²) in [5.74, 6) is -0.116. The van der Waals surface area contributed by atoms with Crippen molar-refractivity contribution in [3.8, 4) is 0 Å². The highest BCUT2D eigenvalue weighted by Gasteiger charge is 2.15. The number of sulfonamides is 1. The molecule has 6 nitrogen and oxygen atoms in total. The molecule has 0 aliphatic rings. The van der Waals surface area contributed by atoms with E-state index in [0.29, 0.717) is 12.1 Å². The van der Waals surface area contributed by atoms with E-state index in [-0.39, 0.29) is 17.3 Å². The van der Waals surface area contributed by atoms with Gasteiger partial charge in [-0.2, -0.15) is 0 Å². The van der Waals surface area contributed by atoms with E-state index in [9.17, 15) is 13.2 Å². The molecular weight excluding hydrogens is 334 g/mol. The summed E-state index contributed by atoms with van der Waals surface area (Å²) in [5.41, 5.74) is 1.41. The summed E-state index contributed by atoms with van der Waals surface area (Å²) < 4.78 is 27.2. The Hall–Kier alpha value is -1.77. The van der Waals surface area contributed by atoms with Crippen LogP contribution in [0.25, 0.3) is 0 Å². The van der Waals surface area contributed by atoms with Crippen LogP contribution in [0.4, 0.5) is 5.69 Å². The van der Waals surface area contributed by atoms with Crippen LogP contribution in [0.1, 0.15) is 28.9 Å². The minimum atomic E-state index is -3.60. The third kappa shape index (κ3) is 4.60. The average Bonchev–Trinajstić information content (AvgIpc) is 2.83. The van der Waals surface area contributed by atoms with Gasteiger partial charge in [0, 0.05) is 23.5 Å². The number of hydrogen-bond acceptors (Lipinski definition) is 5. The van der Waals surface area contributed by atoms with Crippen LogP contribution in [0.3, 0.4) is 0 Å². The van der Waals surface area contributed by atoms with Crippen LogP contribution in [-0.4, -0.2) is 19.3 Å². The van der Waals surface area contributed by atoms with Gasteiger partial charge in [0.1, 0.15) is 0 Å². The Kier molecular flexibility index (Phi) is 5.51. The Bertz CT molecular complexity index is 796. The lowest BCUT2D eigenvalue weighted by molar-refractivity contribution is -0.115. The van der Waals surface area contributed by atoms with Gasteiger partial charge in [-0.15, -0.1) is 11.3 Å². The van der Waals surface area contributed by atoms with Crippen LogP contribution in [-0.2, 0) is 21.4 Å². The Labute approximate surface area is 140 Å². The number of rotatable bonds is 6. The fourth-order valence-corrected chi connectivity index (χ4v) is 3.91. The summed E-state index contributed by atoms with van der Waals surface area (Å²) in [6.45, 7) is 5.71. The van der Waals surface area contributed by atoms with Gasteiger partial charge in [-0.25, -0.2) is 18.1 Å². The zero-order valence-corrected chi connectivity index (χ0v) is 14.8. The molecule has 0 saturated heterocycles. The van der Waals surface area contributed by atoms with E-state index in [2.05, 4.69) is 15.0 Å². The van der Waals surface area contributed by atoms with E-state index in [0.717, 1.165) is 15.6 Å². The summed E-state index contributed by atoms with van der Waals surface area (Å²) in [6, 6.07) is 6.09. The fraction of sp³-hybridized carbons (Fsp3) is 0.333. The van der Waals surface area contributed by atoms with Crippen LogP contribution < -0.4 is 10.0 Å². The monoisotopic (exact) mass is 353 g/mol. The summed E-state index contributed by atoms with van der Waals surface area (Å²) in [4.78, 5) is 16.6. The van der Waals surface area contributed by atoms with Crippen LogP contribution in [0.5, 0.6) is 0 Å². The predicted octanol–water partition coefficient (Wildman–Crippen LogP) is 2.59. The average molecular weight is 353 g/mol. The molecule has 2 aromatic rings. The van der Waals surface area contributed by atoms with E-state index in [1.54, 1.807) is 19.1 Å². The van der Waals surface area contributed by atoms with Crippen LogP contribution >= 0.6 is 11.3 Å². The maximum atomic E-state index is 12.3.